The molecular formula is C9H14N4O. The van der Waals surface area contributed by atoms with Crippen LogP contribution in [-0.4, -0.2) is 22.9 Å². The van der Waals surface area contributed by atoms with Crippen molar-refractivity contribution in [3.8, 4) is 0 Å². The number of hydrogen-bond donors (Lipinski definition) is 2. The van der Waals surface area contributed by atoms with Gasteiger partial charge in [-0.3, -0.25) is 4.79 Å². The number of aromatic nitrogens is 2. The Kier molecular flexibility index (Phi) is 3.39. The Morgan fingerprint density at radius 1 is 1.57 bits per heavy atom. The summed E-state index contributed by atoms with van der Waals surface area (Å²) in [7, 11) is 1.79. The monoisotopic (exact) mass is 194 g/mol. The molecule has 0 aliphatic rings. The molecule has 0 saturated heterocycles. The molecule has 1 rings (SSSR count). The Bertz CT molecular complexity index is 338. The summed E-state index contributed by atoms with van der Waals surface area (Å²) in [5.74, 6) is 1.40. The van der Waals surface area contributed by atoms with Crippen LogP contribution in [0.3, 0.4) is 0 Å². The Hall–Kier alpha value is -1.65. The Morgan fingerprint density at radius 3 is 2.86 bits per heavy atom. The first-order chi connectivity index (χ1) is 6.63. The summed E-state index contributed by atoms with van der Waals surface area (Å²) >= 11 is 0. The summed E-state index contributed by atoms with van der Waals surface area (Å²) in [6.07, 6.45) is 1.71. The number of anilines is 1. The normalized spacial score (nSPS) is 9.64. The van der Waals surface area contributed by atoms with Crippen molar-refractivity contribution >= 4 is 11.7 Å². The number of carbonyl (C=O) groups is 1. The van der Waals surface area contributed by atoms with Gasteiger partial charge in [0, 0.05) is 32.3 Å². The van der Waals surface area contributed by atoms with Crippen molar-refractivity contribution in [3.63, 3.8) is 0 Å². The van der Waals surface area contributed by atoms with E-state index in [1.807, 2.05) is 6.92 Å². The molecule has 2 N–H and O–H groups in total. The van der Waals surface area contributed by atoms with E-state index in [0.717, 1.165) is 11.4 Å². The lowest BCUT2D eigenvalue weighted by molar-refractivity contribution is -0.119. The average molecular weight is 194 g/mol. The Morgan fingerprint density at radius 2 is 2.29 bits per heavy atom. The lowest BCUT2D eigenvalue weighted by Crippen LogP contribution is -2.20. The molecule has 76 valence electrons. The topological polar surface area (TPSA) is 66.9 Å². The van der Waals surface area contributed by atoms with Gasteiger partial charge in [-0.2, -0.15) is 0 Å². The second-order valence-corrected chi connectivity index (χ2v) is 2.95. The van der Waals surface area contributed by atoms with Crippen LogP contribution in [0.2, 0.25) is 0 Å². The first-order valence-corrected chi connectivity index (χ1v) is 4.38. The molecule has 0 bridgehead atoms. The average Bonchev–Trinajstić information content (AvgIpc) is 2.15. The van der Waals surface area contributed by atoms with Crippen LogP contribution in [0.5, 0.6) is 0 Å². The van der Waals surface area contributed by atoms with Crippen molar-refractivity contribution in [3.05, 3.63) is 17.6 Å². The van der Waals surface area contributed by atoms with Crippen molar-refractivity contribution in [2.75, 3.05) is 12.4 Å². The number of nitrogens with zero attached hydrogens (tertiary/aromatic N) is 2. The summed E-state index contributed by atoms with van der Waals surface area (Å²) in [4.78, 5) is 19.0. The molecule has 0 atom stereocenters. The number of rotatable bonds is 3. The van der Waals surface area contributed by atoms with Crippen molar-refractivity contribution in [1.29, 1.82) is 0 Å². The zero-order valence-corrected chi connectivity index (χ0v) is 8.59. The summed E-state index contributed by atoms with van der Waals surface area (Å²) in [6.45, 7) is 3.75. The number of nitrogens with one attached hydrogen (secondary N) is 2. The van der Waals surface area contributed by atoms with Gasteiger partial charge >= 0.3 is 0 Å². The van der Waals surface area contributed by atoms with Gasteiger partial charge in [0.15, 0.2) is 0 Å². The van der Waals surface area contributed by atoms with Crippen LogP contribution in [0.1, 0.15) is 18.3 Å². The third-order valence-corrected chi connectivity index (χ3v) is 1.75. The minimum absolute atomic E-state index is 0.0624. The molecule has 1 aromatic heterocycles. The van der Waals surface area contributed by atoms with Crippen molar-refractivity contribution in [1.82, 2.24) is 15.3 Å². The predicted molar refractivity (Wildman–Crippen MR) is 53.8 cm³/mol. The van der Waals surface area contributed by atoms with Gasteiger partial charge in [0.05, 0.1) is 0 Å². The fourth-order valence-corrected chi connectivity index (χ4v) is 1.06. The van der Waals surface area contributed by atoms with Gasteiger partial charge in [-0.15, -0.1) is 0 Å². The van der Waals surface area contributed by atoms with Gasteiger partial charge in [-0.05, 0) is 6.92 Å². The molecule has 0 aliphatic heterocycles. The molecule has 0 aliphatic carbocycles. The maximum atomic E-state index is 10.7. The fraction of sp³-hybridized carbons (Fsp3) is 0.444. The predicted octanol–water partition coefficient (Wildman–Crippen LogP) is 0.463. The maximum absolute atomic E-state index is 10.7. The molecule has 0 radical (unpaired) electrons. The minimum atomic E-state index is -0.0624. The molecule has 0 fully saturated rings. The molecule has 1 heterocycles. The molecular weight excluding hydrogens is 180 g/mol. The van der Waals surface area contributed by atoms with Crippen molar-refractivity contribution in [2.24, 2.45) is 0 Å². The van der Waals surface area contributed by atoms with Crippen LogP contribution in [0.25, 0.3) is 0 Å². The summed E-state index contributed by atoms with van der Waals surface area (Å²) in [5, 5.41) is 5.65. The molecule has 0 saturated carbocycles. The smallest absolute Gasteiger partial charge is 0.217 e. The first-order valence-electron chi connectivity index (χ1n) is 4.38. The third-order valence-electron chi connectivity index (χ3n) is 1.75. The van der Waals surface area contributed by atoms with E-state index in [1.54, 1.807) is 13.2 Å². The van der Waals surface area contributed by atoms with Gasteiger partial charge < -0.3 is 10.6 Å². The molecule has 0 spiro atoms. The molecule has 5 nitrogen and oxygen atoms in total. The standard InChI is InChI=1S/C9H14N4O/c1-6-11-4-8(5-12-7(2)14)9(10-3)13-6/h4H,5H2,1-3H3,(H,12,14)(H,10,11,13). The number of carbonyl (C=O) groups excluding carboxylic acids is 1. The van der Waals surface area contributed by atoms with E-state index in [4.69, 9.17) is 0 Å². The highest BCUT2D eigenvalue weighted by molar-refractivity contribution is 5.73. The largest absolute Gasteiger partial charge is 0.373 e. The highest BCUT2D eigenvalue weighted by Gasteiger charge is 2.03. The quantitative estimate of drug-likeness (QED) is 0.733. The molecule has 0 aromatic carbocycles. The van der Waals surface area contributed by atoms with Gasteiger partial charge in [-0.25, -0.2) is 9.97 Å². The SMILES string of the molecule is CNc1nc(C)ncc1CNC(C)=O. The highest BCUT2D eigenvalue weighted by Crippen LogP contribution is 2.09. The van der Waals surface area contributed by atoms with E-state index in [0.29, 0.717) is 12.4 Å². The lowest BCUT2D eigenvalue weighted by atomic mass is 10.3. The van der Waals surface area contributed by atoms with Gasteiger partial charge in [0.25, 0.3) is 0 Å². The number of aryl methyl sites for hydroxylation is 1. The van der Waals surface area contributed by atoms with Crippen molar-refractivity contribution in [2.45, 2.75) is 20.4 Å². The maximum Gasteiger partial charge on any atom is 0.217 e. The van der Waals surface area contributed by atoms with E-state index in [2.05, 4.69) is 20.6 Å². The van der Waals surface area contributed by atoms with E-state index in [9.17, 15) is 4.79 Å². The van der Waals surface area contributed by atoms with Crippen LogP contribution in [0, 0.1) is 6.92 Å². The summed E-state index contributed by atoms with van der Waals surface area (Å²) < 4.78 is 0. The van der Waals surface area contributed by atoms with Gasteiger partial charge in [-0.1, -0.05) is 0 Å². The van der Waals surface area contributed by atoms with Crippen LogP contribution < -0.4 is 10.6 Å². The Labute approximate surface area is 83.0 Å². The zero-order chi connectivity index (χ0) is 10.6. The van der Waals surface area contributed by atoms with Crippen LogP contribution in [-0.2, 0) is 11.3 Å². The van der Waals surface area contributed by atoms with Crippen LogP contribution in [0.4, 0.5) is 5.82 Å². The van der Waals surface area contributed by atoms with E-state index < -0.39 is 0 Å². The first kappa shape index (κ1) is 10.4. The highest BCUT2D eigenvalue weighted by atomic mass is 16.1. The summed E-state index contributed by atoms with van der Waals surface area (Å²) in [6, 6.07) is 0. The molecule has 0 unspecified atom stereocenters. The fourth-order valence-electron chi connectivity index (χ4n) is 1.06. The van der Waals surface area contributed by atoms with Gasteiger partial charge in [0.2, 0.25) is 5.91 Å². The second-order valence-electron chi connectivity index (χ2n) is 2.95. The molecule has 1 amide bonds. The summed E-state index contributed by atoms with van der Waals surface area (Å²) in [5.41, 5.74) is 0.883. The molecule has 14 heavy (non-hydrogen) atoms. The molecule has 1 aromatic rings. The van der Waals surface area contributed by atoms with Gasteiger partial charge in [0.1, 0.15) is 11.6 Å². The van der Waals surface area contributed by atoms with E-state index >= 15 is 0 Å². The van der Waals surface area contributed by atoms with Crippen LogP contribution in [0.15, 0.2) is 6.20 Å². The van der Waals surface area contributed by atoms with E-state index in [1.165, 1.54) is 6.92 Å². The molecule has 5 heteroatoms. The number of hydrogen-bond acceptors (Lipinski definition) is 4. The lowest BCUT2D eigenvalue weighted by Gasteiger charge is -2.08. The third kappa shape index (κ3) is 2.69. The van der Waals surface area contributed by atoms with Crippen LogP contribution >= 0.6 is 0 Å². The Balaban J connectivity index is 2.80. The number of amides is 1. The van der Waals surface area contributed by atoms with E-state index in [-0.39, 0.29) is 5.91 Å². The minimum Gasteiger partial charge on any atom is -0.373 e. The van der Waals surface area contributed by atoms with Crippen molar-refractivity contribution < 1.29 is 4.79 Å². The second kappa shape index (κ2) is 4.55. The zero-order valence-electron chi connectivity index (χ0n) is 8.59.